The number of hydrazine groups is 1. The zero-order valence-electron chi connectivity index (χ0n) is 13.2. The number of hydrogen-bond donors (Lipinski definition) is 1. The van der Waals surface area contributed by atoms with Crippen LogP contribution >= 0.6 is 15.9 Å². The summed E-state index contributed by atoms with van der Waals surface area (Å²) in [6.45, 7) is 0. The summed E-state index contributed by atoms with van der Waals surface area (Å²) in [5.41, 5.74) is 5.83. The van der Waals surface area contributed by atoms with Gasteiger partial charge in [0.25, 0.3) is 0 Å². The topological polar surface area (TPSA) is 56.1 Å². The van der Waals surface area contributed by atoms with Crippen molar-refractivity contribution < 1.29 is 4.79 Å². The molecule has 5 heteroatoms. The van der Waals surface area contributed by atoms with Crippen LogP contribution in [0.1, 0.15) is 23.6 Å². The number of rotatable bonds is 2. The Kier molecular flexibility index (Phi) is 4.79. The second-order valence-electron chi connectivity index (χ2n) is 5.65. The lowest BCUT2D eigenvalue weighted by atomic mass is 9.97. The average Bonchev–Trinajstić information content (AvgIpc) is 2.73. The molecule has 0 fully saturated rings. The highest BCUT2D eigenvalue weighted by atomic mass is 79.9. The van der Waals surface area contributed by atoms with E-state index in [-0.39, 0.29) is 23.8 Å². The number of ketones is 1. The molecule has 4 nitrogen and oxygen atoms in total. The van der Waals surface area contributed by atoms with E-state index >= 15 is 0 Å². The van der Waals surface area contributed by atoms with Crippen molar-refractivity contribution in [3.8, 4) is 6.07 Å². The standard InChI is InChI=1S/C19H16BrN3O/c1-23-17(13-7-9-15(20)10-8-13)11-18(24)16(12-21)19(22-23)14-5-3-2-4-6-14/h2-10,17,22H,11H2,1H3/t17-/m1/s1. The number of halogens is 1. The summed E-state index contributed by atoms with van der Waals surface area (Å²) >= 11 is 3.43. The van der Waals surface area contributed by atoms with Crippen molar-refractivity contribution in [3.05, 3.63) is 75.8 Å². The van der Waals surface area contributed by atoms with E-state index in [4.69, 9.17) is 0 Å². The van der Waals surface area contributed by atoms with Gasteiger partial charge in [-0.25, -0.2) is 5.01 Å². The zero-order valence-corrected chi connectivity index (χ0v) is 14.7. The van der Waals surface area contributed by atoms with E-state index in [1.54, 1.807) is 0 Å². The third-order valence-electron chi connectivity index (χ3n) is 4.09. The van der Waals surface area contributed by atoms with Crippen LogP contribution in [0.3, 0.4) is 0 Å². The predicted molar refractivity (Wildman–Crippen MR) is 96.4 cm³/mol. The van der Waals surface area contributed by atoms with Crippen molar-refractivity contribution in [2.75, 3.05) is 7.05 Å². The molecule has 0 aliphatic carbocycles. The zero-order chi connectivity index (χ0) is 17.1. The summed E-state index contributed by atoms with van der Waals surface area (Å²) in [5, 5.41) is 11.4. The van der Waals surface area contributed by atoms with Gasteiger partial charge in [0.05, 0.1) is 11.7 Å². The highest BCUT2D eigenvalue weighted by molar-refractivity contribution is 9.10. The van der Waals surface area contributed by atoms with Crippen molar-refractivity contribution in [3.63, 3.8) is 0 Å². The Morgan fingerprint density at radius 1 is 1.17 bits per heavy atom. The van der Waals surface area contributed by atoms with Crippen LogP contribution in [0.5, 0.6) is 0 Å². The van der Waals surface area contributed by atoms with E-state index in [1.807, 2.05) is 66.7 Å². The number of Topliss-reactive ketones (excluding diaryl/α,β-unsaturated/α-hetero) is 1. The van der Waals surface area contributed by atoms with Crippen LogP contribution < -0.4 is 5.43 Å². The van der Waals surface area contributed by atoms with Gasteiger partial charge in [-0.15, -0.1) is 0 Å². The summed E-state index contributed by atoms with van der Waals surface area (Å²) in [5.74, 6) is -0.152. The van der Waals surface area contributed by atoms with E-state index < -0.39 is 0 Å². The maximum absolute atomic E-state index is 12.7. The second kappa shape index (κ2) is 7.00. The third-order valence-corrected chi connectivity index (χ3v) is 4.62. The number of carbonyl (C=O) groups is 1. The van der Waals surface area contributed by atoms with E-state index in [2.05, 4.69) is 27.4 Å². The molecule has 0 saturated carbocycles. The van der Waals surface area contributed by atoms with Crippen LogP contribution in [-0.2, 0) is 4.79 Å². The Bertz CT molecular complexity index is 822. The first-order valence-electron chi connectivity index (χ1n) is 7.58. The number of benzene rings is 2. The molecule has 1 atom stereocenters. The lowest BCUT2D eigenvalue weighted by Crippen LogP contribution is -2.35. The van der Waals surface area contributed by atoms with Crippen LogP contribution in [0, 0.1) is 11.3 Å². The third kappa shape index (κ3) is 3.25. The number of carbonyl (C=O) groups excluding carboxylic acids is 1. The van der Waals surface area contributed by atoms with Crippen LogP contribution in [-0.4, -0.2) is 17.8 Å². The molecule has 1 heterocycles. The quantitative estimate of drug-likeness (QED) is 0.858. The molecule has 2 aromatic rings. The van der Waals surface area contributed by atoms with Gasteiger partial charge >= 0.3 is 0 Å². The van der Waals surface area contributed by atoms with Crippen LogP contribution in [0.25, 0.3) is 5.70 Å². The van der Waals surface area contributed by atoms with Gasteiger partial charge in [0, 0.05) is 23.5 Å². The molecular formula is C19H16BrN3O. The minimum Gasteiger partial charge on any atom is -0.317 e. The van der Waals surface area contributed by atoms with Crippen molar-refractivity contribution in [1.29, 1.82) is 5.26 Å². The smallest absolute Gasteiger partial charge is 0.177 e. The molecule has 1 aliphatic rings. The molecule has 1 aliphatic heterocycles. The van der Waals surface area contributed by atoms with Gasteiger partial charge in [0.1, 0.15) is 11.6 Å². The number of nitriles is 1. The summed E-state index contributed by atoms with van der Waals surface area (Å²) in [7, 11) is 1.89. The molecule has 24 heavy (non-hydrogen) atoms. The van der Waals surface area contributed by atoms with Crippen LogP contribution in [0.2, 0.25) is 0 Å². The molecule has 0 unspecified atom stereocenters. The molecule has 0 bridgehead atoms. The lowest BCUT2D eigenvalue weighted by molar-refractivity contribution is -0.116. The second-order valence-corrected chi connectivity index (χ2v) is 6.56. The number of nitrogens with one attached hydrogen (secondary N) is 1. The highest BCUT2D eigenvalue weighted by Crippen LogP contribution is 2.30. The van der Waals surface area contributed by atoms with Gasteiger partial charge in [-0.05, 0) is 17.7 Å². The first-order valence-corrected chi connectivity index (χ1v) is 8.37. The Morgan fingerprint density at radius 2 is 1.83 bits per heavy atom. The maximum atomic E-state index is 12.7. The minimum absolute atomic E-state index is 0.143. The Morgan fingerprint density at radius 3 is 2.46 bits per heavy atom. The summed E-state index contributed by atoms with van der Waals surface area (Å²) in [6.07, 6.45) is 0.254. The van der Waals surface area contributed by atoms with Gasteiger partial charge in [0.15, 0.2) is 5.78 Å². The van der Waals surface area contributed by atoms with Gasteiger partial charge in [-0.2, -0.15) is 5.26 Å². The first kappa shape index (κ1) is 16.4. The van der Waals surface area contributed by atoms with Crippen LogP contribution in [0.4, 0.5) is 0 Å². The highest BCUT2D eigenvalue weighted by Gasteiger charge is 2.29. The molecule has 1 N–H and O–H groups in total. The molecule has 0 amide bonds. The molecule has 0 saturated heterocycles. The Hall–Kier alpha value is -2.42. The van der Waals surface area contributed by atoms with Gasteiger partial charge in [-0.3, -0.25) is 4.79 Å². The fraction of sp³-hybridized carbons (Fsp3) is 0.158. The molecular weight excluding hydrogens is 366 g/mol. The molecule has 120 valence electrons. The number of nitrogens with zero attached hydrogens (tertiary/aromatic N) is 2. The minimum atomic E-state index is -0.152. The van der Waals surface area contributed by atoms with E-state index in [0.717, 1.165) is 15.6 Å². The average molecular weight is 382 g/mol. The monoisotopic (exact) mass is 381 g/mol. The number of allylic oxidation sites excluding steroid dienone is 1. The maximum Gasteiger partial charge on any atom is 0.177 e. The van der Waals surface area contributed by atoms with E-state index in [9.17, 15) is 10.1 Å². The number of hydrogen-bond acceptors (Lipinski definition) is 4. The SMILES string of the molecule is CN1NC(c2ccccc2)=C(C#N)C(=O)C[C@@H]1c1ccc(Br)cc1. The predicted octanol–water partition coefficient (Wildman–Crippen LogP) is 3.83. The molecule has 2 aromatic carbocycles. The van der Waals surface area contributed by atoms with Crippen molar-refractivity contribution in [2.45, 2.75) is 12.5 Å². The Balaban J connectivity index is 2.00. The van der Waals surface area contributed by atoms with Crippen LogP contribution in [0.15, 0.2) is 64.6 Å². The van der Waals surface area contributed by atoms with Gasteiger partial charge < -0.3 is 5.43 Å². The largest absolute Gasteiger partial charge is 0.317 e. The normalized spacial score (nSPS) is 18.7. The molecule has 0 spiro atoms. The van der Waals surface area contributed by atoms with Gasteiger partial charge in [0.2, 0.25) is 0 Å². The lowest BCUT2D eigenvalue weighted by Gasteiger charge is -2.28. The van der Waals surface area contributed by atoms with E-state index in [0.29, 0.717) is 5.70 Å². The fourth-order valence-corrected chi connectivity index (χ4v) is 3.09. The summed E-state index contributed by atoms with van der Waals surface area (Å²) in [6, 6.07) is 19.3. The van der Waals surface area contributed by atoms with Crippen molar-refractivity contribution >= 4 is 27.4 Å². The van der Waals surface area contributed by atoms with Crippen molar-refractivity contribution in [1.82, 2.24) is 10.4 Å². The Labute approximate surface area is 149 Å². The van der Waals surface area contributed by atoms with Crippen molar-refractivity contribution in [2.24, 2.45) is 0 Å². The molecule has 3 rings (SSSR count). The molecule has 0 aromatic heterocycles. The summed E-state index contributed by atoms with van der Waals surface area (Å²) in [4.78, 5) is 12.7. The first-order chi connectivity index (χ1) is 11.6. The van der Waals surface area contributed by atoms with E-state index in [1.165, 1.54) is 0 Å². The van der Waals surface area contributed by atoms with Gasteiger partial charge in [-0.1, -0.05) is 58.4 Å². The summed E-state index contributed by atoms with van der Waals surface area (Å²) < 4.78 is 0.989. The molecule has 0 radical (unpaired) electrons. The fourth-order valence-electron chi connectivity index (χ4n) is 2.82.